The highest BCUT2D eigenvalue weighted by Gasteiger charge is 2.35. The van der Waals surface area contributed by atoms with Gasteiger partial charge in [0.15, 0.2) is 0 Å². The summed E-state index contributed by atoms with van der Waals surface area (Å²) in [6, 6.07) is 0. The lowest BCUT2D eigenvalue weighted by Crippen LogP contribution is -2.59. The third-order valence-electron chi connectivity index (χ3n) is 2.11. The Morgan fingerprint density at radius 2 is 1.62 bits per heavy atom. The zero-order valence-electron chi connectivity index (χ0n) is 10.3. The normalized spacial score (nSPS) is 13.4. The van der Waals surface area contributed by atoms with Crippen molar-refractivity contribution in [1.82, 2.24) is 10.2 Å². The summed E-state index contributed by atoms with van der Waals surface area (Å²) in [5.41, 5.74) is -0.663. The Morgan fingerprint density at radius 3 is 1.81 bits per heavy atom. The largest absolute Gasteiger partial charge is 0.465 e. The molecular formula is C10H20N2O4. The molecule has 94 valence electrons. The van der Waals surface area contributed by atoms with Gasteiger partial charge < -0.3 is 15.5 Å². The van der Waals surface area contributed by atoms with Gasteiger partial charge in [-0.15, -0.1) is 0 Å². The van der Waals surface area contributed by atoms with Crippen LogP contribution in [0.2, 0.25) is 0 Å². The van der Waals surface area contributed by atoms with Gasteiger partial charge >= 0.3 is 12.2 Å². The first-order valence-corrected chi connectivity index (χ1v) is 5.09. The summed E-state index contributed by atoms with van der Waals surface area (Å²) in [7, 11) is 0. The first kappa shape index (κ1) is 14.5. The molecule has 3 N–H and O–H groups in total. The minimum absolute atomic E-state index is 0.147. The zero-order valence-corrected chi connectivity index (χ0v) is 10.3. The molecule has 2 amide bonds. The second-order valence-electron chi connectivity index (χ2n) is 4.96. The summed E-state index contributed by atoms with van der Waals surface area (Å²) < 4.78 is 0. The van der Waals surface area contributed by atoms with Gasteiger partial charge in [0.2, 0.25) is 0 Å². The van der Waals surface area contributed by atoms with Crippen LogP contribution in [0, 0.1) is 5.92 Å². The van der Waals surface area contributed by atoms with Gasteiger partial charge in [0, 0.05) is 5.54 Å². The number of nitrogens with zero attached hydrogens (tertiary/aromatic N) is 1. The standard InChI is InChI=1S/C10H20N2O4/c1-6(2)7(11-8(13)14)12(9(15)16)10(3,4)5/h6-7,11H,1-5H3,(H,13,14)(H,15,16). The van der Waals surface area contributed by atoms with Crippen LogP contribution >= 0.6 is 0 Å². The highest BCUT2D eigenvalue weighted by Crippen LogP contribution is 2.20. The van der Waals surface area contributed by atoms with Crippen molar-refractivity contribution in [2.75, 3.05) is 0 Å². The number of nitrogens with one attached hydrogen (secondary N) is 1. The summed E-state index contributed by atoms with van der Waals surface area (Å²) in [5, 5.41) is 20.1. The van der Waals surface area contributed by atoms with Crippen LogP contribution in [0.4, 0.5) is 9.59 Å². The molecule has 0 aliphatic rings. The van der Waals surface area contributed by atoms with Gasteiger partial charge in [0.05, 0.1) is 0 Å². The Balaban J connectivity index is 5.11. The maximum absolute atomic E-state index is 11.2. The Labute approximate surface area is 95.2 Å². The van der Waals surface area contributed by atoms with E-state index in [1.165, 1.54) is 0 Å². The van der Waals surface area contributed by atoms with E-state index in [0.29, 0.717) is 0 Å². The van der Waals surface area contributed by atoms with Gasteiger partial charge in [-0.2, -0.15) is 0 Å². The summed E-state index contributed by atoms with van der Waals surface area (Å²) in [6.45, 7) is 8.70. The smallest absolute Gasteiger partial charge is 0.409 e. The van der Waals surface area contributed by atoms with Crippen molar-refractivity contribution in [3.8, 4) is 0 Å². The van der Waals surface area contributed by atoms with E-state index in [-0.39, 0.29) is 5.92 Å². The van der Waals surface area contributed by atoms with E-state index in [1.807, 2.05) is 0 Å². The lowest BCUT2D eigenvalue weighted by molar-refractivity contribution is 0.0412. The topological polar surface area (TPSA) is 89.9 Å². The molecule has 6 nitrogen and oxygen atoms in total. The van der Waals surface area contributed by atoms with Crippen LogP contribution in [0.5, 0.6) is 0 Å². The monoisotopic (exact) mass is 232 g/mol. The van der Waals surface area contributed by atoms with E-state index >= 15 is 0 Å². The molecule has 0 rings (SSSR count). The van der Waals surface area contributed by atoms with Crippen LogP contribution in [0.1, 0.15) is 34.6 Å². The quantitative estimate of drug-likeness (QED) is 0.649. The van der Waals surface area contributed by atoms with E-state index < -0.39 is 23.9 Å². The molecule has 0 saturated heterocycles. The summed E-state index contributed by atoms with van der Waals surface area (Å²) in [6.07, 6.45) is -3.12. The Hall–Kier alpha value is -1.46. The van der Waals surface area contributed by atoms with Crippen LogP contribution in [0.15, 0.2) is 0 Å². The molecule has 0 saturated carbocycles. The molecular weight excluding hydrogens is 212 g/mol. The molecule has 6 heteroatoms. The van der Waals surface area contributed by atoms with Crippen LogP contribution in [0.25, 0.3) is 0 Å². The molecule has 1 atom stereocenters. The second kappa shape index (κ2) is 5.05. The van der Waals surface area contributed by atoms with Gasteiger partial charge in [-0.1, -0.05) is 13.8 Å². The molecule has 0 fully saturated rings. The predicted octanol–water partition coefficient (Wildman–Crippen LogP) is 2.01. The molecule has 1 unspecified atom stereocenters. The van der Waals surface area contributed by atoms with Gasteiger partial charge in [0.1, 0.15) is 6.17 Å². The van der Waals surface area contributed by atoms with Crippen molar-refractivity contribution in [3.05, 3.63) is 0 Å². The molecule has 0 aromatic carbocycles. The van der Waals surface area contributed by atoms with Gasteiger partial charge in [0.25, 0.3) is 0 Å². The number of rotatable bonds is 3. The lowest BCUT2D eigenvalue weighted by atomic mass is 10.0. The molecule has 0 aromatic rings. The zero-order chi connectivity index (χ0) is 13.1. The van der Waals surface area contributed by atoms with Crippen LogP contribution in [0.3, 0.4) is 0 Å². The third kappa shape index (κ3) is 3.96. The highest BCUT2D eigenvalue weighted by molar-refractivity contribution is 5.69. The minimum Gasteiger partial charge on any atom is -0.465 e. The number of amides is 2. The maximum Gasteiger partial charge on any atom is 0.409 e. The highest BCUT2D eigenvalue weighted by atomic mass is 16.4. The van der Waals surface area contributed by atoms with E-state index in [0.717, 1.165) is 4.90 Å². The summed E-state index contributed by atoms with van der Waals surface area (Å²) in [5.74, 6) is -0.147. The van der Waals surface area contributed by atoms with Gasteiger partial charge in [-0.05, 0) is 26.7 Å². The number of carboxylic acid groups (broad SMARTS) is 2. The average molecular weight is 232 g/mol. The molecule has 0 aliphatic heterocycles. The van der Waals surface area contributed by atoms with Crippen molar-refractivity contribution in [2.45, 2.75) is 46.3 Å². The first-order chi connectivity index (χ1) is 7.07. The van der Waals surface area contributed by atoms with Crippen molar-refractivity contribution in [3.63, 3.8) is 0 Å². The van der Waals surface area contributed by atoms with Crippen molar-refractivity contribution < 1.29 is 19.8 Å². The molecule has 0 aromatic heterocycles. The van der Waals surface area contributed by atoms with E-state index in [2.05, 4.69) is 5.32 Å². The summed E-state index contributed by atoms with van der Waals surface area (Å²) in [4.78, 5) is 22.9. The maximum atomic E-state index is 11.2. The predicted molar refractivity (Wildman–Crippen MR) is 59.4 cm³/mol. The Bertz CT molecular complexity index is 270. The first-order valence-electron chi connectivity index (χ1n) is 5.09. The molecule has 0 bridgehead atoms. The van der Waals surface area contributed by atoms with Crippen molar-refractivity contribution in [2.24, 2.45) is 5.92 Å². The van der Waals surface area contributed by atoms with Gasteiger partial charge in [-0.3, -0.25) is 4.90 Å². The lowest BCUT2D eigenvalue weighted by Gasteiger charge is -2.41. The molecule has 0 heterocycles. The number of carbonyl (C=O) groups is 2. The van der Waals surface area contributed by atoms with E-state index in [1.54, 1.807) is 34.6 Å². The second-order valence-corrected chi connectivity index (χ2v) is 4.96. The molecule has 0 radical (unpaired) electrons. The van der Waals surface area contributed by atoms with Crippen LogP contribution < -0.4 is 5.32 Å². The minimum atomic E-state index is -1.23. The van der Waals surface area contributed by atoms with Crippen LogP contribution in [-0.4, -0.2) is 39.0 Å². The van der Waals surface area contributed by atoms with E-state index in [9.17, 15) is 9.59 Å². The third-order valence-corrected chi connectivity index (χ3v) is 2.11. The fraction of sp³-hybridized carbons (Fsp3) is 0.800. The average Bonchev–Trinajstić information content (AvgIpc) is 1.97. The molecule has 0 spiro atoms. The molecule has 0 aliphatic carbocycles. The fourth-order valence-electron chi connectivity index (χ4n) is 1.48. The van der Waals surface area contributed by atoms with Gasteiger partial charge in [-0.25, -0.2) is 9.59 Å². The number of hydrogen-bond donors (Lipinski definition) is 3. The molecule has 16 heavy (non-hydrogen) atoms. The fourth-order valence-corrected chi connectivity index (χ4v) is 1.48. The summed E-state index contributed by atoms with van der Waals surface area (Å²) >= 11 is 0. The SMILES string of the molecule is CC(C)C(NC(=O)O)N(C(=O)O)C(C)(C)C. The van der Waals surface area contributed by atoms with Crippen molar-refractivity contribution in [1.29, 1.82) is 0 Å². The Morgan fingerprint density at radius 1 is 1.19 bits per heavy atom. The van der Waals surface area contributed by atoms with E-state index in [4.69, 9.17) is 10.2 Å². The number of hydrogen-bond acceptors (Lipinski definition) is 2. The van der Waals surface area contributed by atoms with Crippen molar-refractivity contribution >= 4 is 12.2 Å². The van der Waals surface area contributed by atoms with Crippen LogP contribution in [-0.2, 0) is 0 Å². The Kier molecular flexibility index (Phi) is 4.59.